The number of thiazole rings is 1. The third kappa shape index (κ3) is 6.08. The van der Waals surface area contributed by atoms with E-state index < -0.39 is 16.1 Å². The smallest absolute Gasteiger partial charge is 0.241 e. The molecule has 1 aromatic carbocycles. The Morgan fingerprint density at radius 3 is 2.62 bits per heavy atom. The number of nitrogens with zero attached hydrogens (tertiary/aromatic N) is 1. The van der Waals surface area contributed by atoms with Crippen molar-refractivity contribution in [1.82, 2.24) is 15.0 Å². The summed E-state index contributed by atoms with van der Waals surface area (Å²) >= 11 is 3.01. The molecule has 0 saturated heterocycles. The molecule has 1 amide bonds. The number of sulfonamides is 1. The van der Waals surface area contributed by atoms with E-state index in [4.69, 9.17) is 0 Å². The van der Waals surface area contributed by atoms with Crippen LogP contribution in [0.25, 0.3) is 0 Å². The zero-order chi connectivity index (χ0) is 19.0. The normalized spacial score (nSPS) is 12.7. The second-order valence-electron chi connectivity index (χ2n) is 5.65. The highest BCUT2D eigenvalue weighted by Crippen LogP contribution is 2.13. The predicted octanol–water partition coefficient (Wildman–Crippen LogP) is 2.42. The number of amides is 1. The number of nitrogens with one attached hydrogen (secondary N) is 2. The summed E-state index contributed by atoms with van der Waals surface area (Å²) in [4.78, 5) is 16.8. The number of thioether (sulfide) groups is 1. The minimum absolute atomic E-state index is 0.163. The Morgan fingerprint density at radius 2 is 2.04 bits per heavy atom. The van der Waals surface area contributed by atoms with Crippen molar-refractivity contribution in [2.24, 2.45) is 0 Å². The molecule has 9 heteroatoms. The van der Waals surface area contributed by atoms with Gasteiger partial charge < -0.3 is 5.32 Å². The van der Waals surface area contributed by atoms with Crippen molar-refractivity contribution in [3.05, 3.63) is 46.4 Å². The van der Waals surface area contributed by atoms with E-state index in [1.807, 2.05) is 18.6 Å². The highest BCUT2D eigenvalue weighted by atomic mass is 32.2. The van der Waals surface area contributed by atoms with Crippen LogP contribution in [0.3, 0.4) is 0 Å². The molecule has 1 aromatic heterocycles. The first kappa shape index (κ1) is 20.9. The third-order valence-electron chi connectivity index (χ3n) is 3.79. The number of aryl methyl sites for hydroxylation is 1. The summed E-state index contributed by atoms with van der Waals surface area (Å²) in [5, 5.41) is 4.60. The first-order valence-corrected chi connectivity index (χ1v) is 12.0. The molecule has 0 saturated carbocycles. The van der Waals surface area contributed by atoms with E-state index in [0.29, 0.717) is 12.2 Å². The van der Waals surface area contributed by atoms with Gasteiger partial charge in [-0.1, -0.05) is 19.1 Å². The van der Waals surface area contributed by atoms with Gasteiger partial charge >= 0.3 is 0 Å². The van der Waals surface area contributed by atoms with Gasteiger partial charge in [0, 0.05) is 5.38 Å². The fourth-order valence-corrected chi connectivity index (χ4v) is 4.52. The Kier molecular flexibility index (Phi) is 8.08. The van der Waals surface area contributed by atoms with E-state index in [1.54, 1.807) is 41.5 Å². The minimum atomic E-state index is -3.77. The molecular weight excluding hydrogens is 390 g/mol. The van der Waals surface area contributed by atoms with Crippen LogP contribution in [0.4, 0.5) is 0 Å². The molecule has 0 radical (unpaired) electrons. The third-order valence-corrected chi connectivity index (χ3v) is 6.56. The molecule has 142 valence electrons. The summed E-state index contributed by atoms with van der Waals surface area (Å²) in [6, 6.07) is 5.89. The van der Waals surface area contributed by atoms with E-state index in [9.17, 15) is 13.2 Å². The molecule has 1 atom stereocenters. The van der Waals surface area contributed by atoms with Crippen LogP contribution in [-0.2, 0) is 27.8 Å². The van der Waals surface area contributed by atoms with Gasteiger partial charge in [0.25, 0.3) is 0 Å². The maximum Gasteiger partial charge on any atom is 0.241 e. The van der Waals surface area contributed by atoms with Gasteiger partial charge in [0.05, 0.1) is 22.6 Å². The largest absolute Gasteiger partial charge is 0.349 e. The van der Waals surface area contributed by atoms with Crippen molar-refractivity contribution in [1.29, 1.82) is 0 Å². The van der Waals surface area contributed by atoms with Crippen molar-refractivity contribution in [3.63, 3.8) is 0 Å². The number of hydrogen-bond donors (Lipinski definition) is 2. The highest BCUT2D eigenvalue weighted by molar-refractivity contribution is 7.98. The summed E-state index contributed by atoms with van der Waals surface area (Å²) in [5.74, 6) is 0.326. The van der Waals surface area contributed by atoms with E-state index in [2.05, 4.69) is 15.0 Å². The van der Waals surface area contributed by atoms with Gasteiger partial charge in [0.15, 0.2) is 0 Å². The van der Waals surface area contributed by atoms with Gasteiger partial charge in [-0.05, 0) is 42.5 Å². The second-order valence-corrected chi connectivity index (χ2v) is 9.07. The molecule has 26 heavy (non-hydrogen) atoms. The van der Waals surface area contributed by atoms with Crippen molar-refractivity contribution in [2.75, 3.05) is 12.0 Å². The van der Waals surface area contributed by atoms with Crippen LogP contribution in [-0.4, -0.2) is 37.4 Å². The Labute approximate surface area is 162 Å². The summed E-state index contributed by atoms with van der Waals surface area (Å²) in [6.07, 6.45) is 3.17. The number of aromatic nitrogens is 1. The van der Waals surface area contributed by atoms with Gasteiger partial charge in [-0.15, -0.1) is 11.3 Å². The lowest BCUT2D eigenvalue weighted by molar-refractivity contribution is -0.122. The van der Waals surface area contributed by atoms with Crippen molar-refractivity contribution >= 4 is 39.0 Å². The van der Waals surface area contributed by atoms with Gasteiger partial charge in [0.2, 0.25) is 15.9 Å². The lowest BCUT2D eigenvalue weighted by Crippen LogP contribution is -2.46. The van der Waals surface area contributed by atoms with E-state index in [-0.39, 0.29) is 17.3 Å². The molecule has 0 aliphatic heterocycles. The quantitative estimate of drug-likeness (QED) is 0.625. The van der Waals surface area contributed by atoms with Crippen molar-refractivity contribution in [3.8, 4) is 0 Å². The van der Waals surface area contributed by atoms with Gasteiger partial charge in [0.1, 0.15) is 6.04 Å². The Balaban J connectivity index is 2.07. The minimum Gasteiger partial charge on any atom is -0.349 e. The lowest BCUT2D eigenvalue weighted by atomic mass is 10.2. The van der Waals surface area contributed by atoms with E-state index >= 15 is 0 Å². The number of carbonyl (C=O) groups excluding carboxylic acids is 1. The van der Waals surface area contributed by atoms with Crippen molar-refractivity contribution in [2.45, 2.75) is 37.2 Å². The molecule has 0 aliphatic rings. The Morgan fingerprint density at radius 1 is 1.31 bits per heavy atom. The fraction of sp³-hybridized carbons (Fsp3) is 0.412. The molecule has 0 bridgehead atoms. The average molecular weight is 414 g/mol. The Hall–Kier alpha value is -1.42. The van der Waals surface area contributed by atoms with Gasteiger partial charge in [-0.2, -0.15) is 16.5 Å². The highest BCUT2D eigenvalue weighted by Gasteiger charge is 2.25. The molecule has 2 aromatic rings. The van der Waals surface area contributed by atoms with Crippen LogP contribution in [0.15, 0.2) is 40.1 Å². The summed E-state index contributed by atoms with van der Waals surface area (Å²) < 4.78 is 27.8. The van der Waals surface area contributed by atoms with Gasteiger partial charge in [-0.3, -0.25) is 4.79 Å². The van der Waals surface area contributed by atoms with Crippen LogP contribution < -0.4 is 10.0 Å². The predicted molar refractivity (Wildman–Crippen MR) is 107 cm³/mol. The first-order valence-electron chi connectivity index (χ1n) is 8.21. The molecule has 0 spiro atoms. The number of carbonyl (C=O) groups is 1. The average Bonchev–Trinajstić information content (AvgIpc) is 3.16. The molecule has 0 unspecified atom stereocenters. The molecular formula is C17H23N3O3S3. The van der Waals surface area contributed by atoms with Gasteiger partial charge in [-0.25, -0.2) is 13.4 Å². The van der Waals surface area contributed by atoms with Crippen LogP contribution in [0, 0.1) is 0 Å². The van der Waals surface area contributed by atoms with Crippen LogP contribution >= 0.6 is 23.1 Å². The van der Waals surface area contributed by atoms with Crippen LogP contribution in [0.1, 0.15) is 24.6 Å². The van der Waals surface area contributed by atoms with Crippen molar-refractivity contribution < 1.29 is 13.2 Å². The van der Waals surface area contributed by atoms with E-state index in [0.717, 1.165) is 17.7 Å². The number of rotatable bonds is 10. The van der Waals surface area contributed by atoms with Crippen LogP contribution in [0.5, 0.6) is 0 Å². The zero-order valence-corrected chi connectivity index (χ0v) is 17.2. The molecule has 2 rings (SSSR count). The summed E-state index contributed by atoms with van der Waals surface area (Å²) in [5.41, 5.74) is 3.50. The molecule has 1 heterocycles. The Bertz CT molecular complexity index is 790. The fourth-order valence-electron chi connectivity index (χ4n) is 2.26. The monoisotopic (exact) mass is 413 g/mol. The van der Waals surface area contributed by atoms with Crippen LogP contribution in [0.2, 0.25) is 0 Å². The SMILES string of the molecule is CCc1ccc(S(=O)(=O)N[C@@H](CCSC)C(=O)NCc2cscn2)cc1. The number of hydrogen-bond acceptors (Lipinski definition) is 6. The topological polar surface area (TPSA) is 88.2 Å². The first-order chi connectivity index (χ1) is 12.5. The zero-order valence-electron chi connectivity index (χ0n) is 14.8. The molecule has 2 N–H and O–H groups in total. The molecule has 0 aliphatic carbocycles. The summed E-state index contributed by atoms with van der Waals surface area (Å²) in [7, 11) is -3.77. The van der Waals surface area contributed by atoms with E-state index in [1.165, 1.54) is 11.3 Å². The number of benzene rings is 1. The standard InChI is InChI=1S/C17H23N3O3S3/c1-3-13-4-6-15(7-5-13)26(22,23)20-16(8-9-24-2)17(21)18-10-14-11-25-12-19-14/h4-7,11-12,16,20H,3,8-10H2,1-2H3,(H,18,21)/t16-/m0/s1. The summed E-state index contributed by atoms with van der Waals surface area (Å²) in [6.45, 7) is 2.29. The second kappa shape index (κ2) is 10.1. The molecule has 0 fully saturated rings. The lowest BCUT2D eigenvalue weighted by Gasteiger charge is -2.18. The molecule has 6 nitrogen and oxygen atoms in total. The maximum atomic E-state index is 12.6. The maximum absolute atomic E-state index is 12.6.